The summed E-state index contributed by atoms with van der Waals surface area (Å²) in [5.74, 6) is -0.442. The molecule has 1 aromatic heterocycles. The van der Waals surface area contributed by atoms with E-state index in [1.807, 2.05) is 35.8 Å². The van der Waals surface area contributed by atoms with E-state index in [1.165, 1.54) is 17.8 Å². The number of halogens is 2. The molecule has 1 heterocycles. The summed E-state index contributed by atoms with van der Waals surface area (Å²) in [6.45, 7) is 6.39. The van der Waals surface area contributed by atoms with Gasteiger partial charge in [0.25, 0.3) is 0 Å². The van der Waals surface area contributed by atoms with Crippen molar-refractivity contribution in [1.29, 1.82) is 0 Å². The van der Waals surface area contributed by atoms with Crippen molar-refractivity contribution in [3.8, 4) is 11.4 Å². The van der Waals surface area contributed by atoms with Gasteiger partial charge in [-0.05, 0) is 30.2 Å². The SMILES string of the molecule is C=CCn1c(SCc2ccc(F)c(F)c2)nnc1-c1ccccc1C. The third-order valence-corrected chi connectivity index (χ3v) is 4.80. The second-order valence-electron chi connectivity index (χ2n) is 5.56. The molecule has 0 spiro atoms. The Hall–Kier alpha value is -2.47. The normalized spacial score (nSPS) is 10.8. The van der Waals surface area contributed by atoms with Crippen LogP contribution < -0.4 is 0 Å². The molecule has 128 valence electrons. The van der Waals surface area contributed by atoms with Crippen molar-refractivity contribution in [2.24, 2.45) is 0 Å². The molecule has 0 amide bonds. The second kappa shape index (κ2) is 7.61. The summed E-state index contributed by atoms with van der Waals surface area (Å²) in [7, 11) is 0. The highest BCUT2D eigenvalue weighted by molar-refractivity contribution is 7.98. The minimum absolute atomic E-state index is 0.472. The van der Waals surface area contributed by atoms with Crippen LogP contribution in [0.25, 0.3) is 11.4 Å². The zero-order valence-electron chi connectivity index (χ0n) is 13.7. The summed E-state index contributed by atoms with van der Waals surface area (Å²) in [5.41, 5.74) is 2.81. The molecule has 3 rings (SSSR count). The van der Waals surface area contributed by atoms with Gasteiger partial charge in [0.05, 0.1) is 0 Å². The number of benzene rings is 2. The fourth-order valence-electron chi connectivity index (χ4n) is 2.49. The van der Waals surface area contributed by atoms with Crippen LogP contribution in [0.5, 0.6) is 0 Å². The summed E-state index contributed by atoms with van der Waals surface area (Å²) in [6.07, 6.45) is 1.78. The van der Waals surface area contributed by atoms with Gasteiger partial charge in [-0.3, -0.25) is 4.57 Å². The number of aryl methyl sites for hydroxylation is 1. The van der Waals surface area contributed by atoms with Gasteiger partial charge in [-0.15, -0.1) is 16.8 Å². The van der Waals surface area contributed by atoms with Crippen LogP contribution in [0, 0.1) is 18.6 Å². The highest BCUT2D eigenvalue weighted by atomic mass is 32.2. The average Bonchev–Trinajstić information content (AvgIpc) is 2.99. The molecule has 0 radical (unpaired) electrons. The molecule has 0 unspecified atom stereocenters. The molecule has 6 heteroatoms. The van der Waals surface area contributed by atoms with Crippen LogP contribution in [-0.4, -0.2) is 14.8 Å². The van der Waals surface area contributed by atoms with Crippen molar-refractivity contribution >= 4 is 11.8 Å². The van der Waals surface area contributed by atoms with Crippen molar-refractivity contribution in [1.82, 2.24) is 14.8 Å². The van der Waals surface area contributed by atoms with E-state index in [1.54, 1.807) is 12.1 Å². The van der Waals surface area contributed by atoms with Gasteiger partial charge in [0, 0.05) is 17.9 Å². The molecule has 25 heavy (non-hydrogen) atoms. The van der Waals surface area contributed by atoms with Gasteiger partial charge in [-0.25, -0.2) is 8.78 Å². The zero-order valence-corrected chi connectivity index (χ0v) is 14.6. The van der Waals surface area contributed by atoms with Crippen LogP contribution in [0.3, 0.4) is 0 Å². The number of aromatic nitrogens is 3. The maximum Gasteiger partial charge on any atom is 0.192 e. The summed E-state index contributed by atoms with van der Waals surface area (Å²) in [5, 5.41) is 9.30. The molecule has 0 saturated heterocycles. The number of rotatable bonds is 6. The summed E-state index contributed by atoms with van der Waals surface area (Å²) in [6, 6.07) is 11.9. The number of thioether (sulfide) groups is 1. The van der Waals surface area contributed by atoms with Crippen molar-refractivity contribution < 1.29 is 8.78 Å². The molecule has 0 N–H and O–H groups in total. The molecule has 0 fully saturated rings. The number of nitrogens with zero attached hydrogens (tertiary/aromatic N) is 3. The Kier molecular flexibility index (Phi) is 5.28. The number of hydrogen-bond donors (Lipinski definition) is 0. The number of allylic oxidation sites excluding steroid dienone is 1. The Morgan fingerprint density at radius 1 is 1.12 bits per heavy atom. The van der Waals surface area contributed by atoms with Crippen LogP contribution in [0.1, 0.15) is 11.1 Å². The van der Waals surface area contributed by atoms with Crippen molar-refractivity contribution in [2.75, 3.05) is 0 Å². The van der Waals surface area contributed by atoms with Gasteiger partial charge < -0.3 is 0 Å². The third-order valence-electron chi connectivity index (χ3n) is 3.77. The Balaban J connectivity index is 1.88. The van der Waals surface area contributed by atoms with Gasteiger partial charge in [0.2, 0.25) is 0 Å². The van der Waals surface area contributed by atoms with E-state index in [0.29, 0.717) is 23.0 Å². The fraction of sp³-hybridized carbons (Fsp3) is 0.158. The molecule has 0 aliphatic rings. The van der Waals surface area contributed by atoms with E-state index in [4.69, 9.17) is 0 Å². The minimum Gasteiger partial charge on any atom is -0.298 e. The molecule has 0 aliphatic heterocycles. The lowest BCUT2D eigenvalue weighted by Crippen LogP contribution is -2.01. The lowest BCUT2D eigenvalue weighted by atomic mass is 10.1. The third kappa shape index (κ3) is 3.79. The standard InChI is InChI=1S/C19H17F2N3S/c1-3-10-24-18(15-7-5-4-6-13(15)2)22-23-19(24)25-12-14-8-9-16(20)17(21)11-14/h3-9,11H,1,10,12H2,2H3. The molecular formula is C19H17F2N3S. The Morgan fingerprint density at radius 3 is 2.64 bits per heavy atom. The van der Waals surface area contributed by atoms with Gasteiger partial charge in [0.1, 0.15) is 0 Å². The van der Waals surface area contributed by atoms with Gasteiger partial charge in [0.15, 0.2) is 22.6 Å². The van der Waals surface area contributed by atoms with Crippen LogP contribution >= 0.6 is 11.8 Å². The summed E-state index contributed by atoms with van der Waals surface area (Å²) >= 11 is 1.43. The fourth-order valence-corrected chi connectivity index (χ4v) is 3.38. The molecule has 0 bridgehead atoms. The first-order valence-corrected chi connectivity index (χ1v) is 8.75. The van der Waals surface area contributed by atoms with E-state index in [-0.39, 0.29) is 0 Å². The van der Waals surface area contributed by atoms with Crippen LogP contribution in [0.2, 0.25) is 0 Å². The highest BCUT2D eigenvalue weighted by Crippen LogP contribution is 2.28. The van der Waals surface area contributed by atoms with E-state index in [0.717, 1.165) is 23.0 Å². The monoisotopic (exact) mass is 357 g/mol. The van der Waals surface area contributed by atoms with E-state index in [2.05, 4.69) is 16.8 Å². The Bertz CT molecular complexity index is 905. The lowest BCUT2D eigenvalue weighted by molar-refractivity contribution is 0.507. The molecular weight excluding hydrogens is 340 g/mol. The molecule has 0 saturated carbocycles. The Morgan fingerprint density at radius 2 is 1.92 bits per heavy atom. The van der Waals surface area contributed by atoms with E-state index < -0.39 is 11.6 Å². The smallest absolute Gasteiger partial charge is 0.192 e. The lowest BCUT2D eigenvalue weighted by Gasteiger charge is -2.09. The topological polar surface area (TPSA) is 30.7 Å². The molecule has 0 atom stereocenters. The predicted octanol–water partition coefficient (Wildman–Crippen LogP) is 5.01. The van der Waals surface area contributed by atoms with Gasteiger partial charge in [-0.1, -0.05) is 48.2 Å². The number of hydrogen-bond acceptors (Lipinski definition) is 3. The first kappa shape index (κ1) is 17.4. The molecule has 3 aromatic rings. The second-order valence-corrected chi connectivity index (χ2v) is 6.50. The van der Waals surface area contributed by atoms with Crippen molar-refractivity contribution in [3.63, 3.8) is 0 Å². The van der Waals surface area contributed by atoms with E-state index in [9.17, 15) is 8.78 Å². The minimum atomic E-state index is -0.842. The zero-order chi connectivity index (χ0) is 17.8. The maximum absolute atomic E-state index is 13.3. The maximum atomic E-state index is 13.3. The Labute approximate surface area is 149 Å². The molecule has 3 nitrogen and oxygen atoms in total. The van der Waals surface area contributed by atoms with Crippen LogP contribution in [0.15, 0.2) is 60.3 Å². The quantitative estimate of drug-likeness (QED) is 0.459. The van der Waals surface area contributed by atoms with Gasteiger partial charge in [-0.2, -0.15) is 0 Å². The highest BCUT2D eigenvalue weighted by Gasteiger charge is 2.15. The van der Waals surface area contributed by atoms with Gasteiger partial charge >= 0.3 is 0 Å². The largest absolute Gasteiger partial charge is 0.298 e. The predicted molar refractivity (Wildman–Crippen MR) is 96.3 cm³/mol. The van der Waals surface area contributed by atoms with Crippen molar-refractivity contribution in [2.45, 2.75) is 24.4 Å². The van der Waals surface area contributed by atoms with Crippen LogP contribution in [-0.2, 0) is 12.3 Å². The van der Waals surface area contributed by atoms with Crippen LogP contribution in [0.4, 0.5) is 8.78 Å². The first-order chi connectivity index (χ1) is 12.1. The molecule has 2 aromatic carbocycles. The summed E-state index contributed by atoms with van der Waals surface area (Å²) < 4.78 is 28.4. The molecule has 0 aliphatic carbocycles. The summed E-state index contributed by atoms with van der Waals surface area (Å²) in [4.78, 5) is 0. The van der Waals surface area contributed by atoms with E-state index >= 15 is 0 Å². The average molecular weight is 357 g/mol. The first-order valence-electron chi connectivity index (χ1n) is 7.77. The van der Waals surface area contributed by atoms with Crippen molar-refractivity contribution in [3.05, 3.63) is 77.9 Å².